The van der Waals surface area contributed by atoms with Gasteiger partial charge in [0, 0.05) is 29.5 Å². The van der Waals surface area contributed by atoms with Gasteiger partial charge in [0.2, 0.25) is 0 Å². The highest BCUT2D eigenvalue weighted by Crippen LogP contribution is 2.29. The first-order valence-electron chi connectivity index (χ1n) is 9.61. The predicted octanol–water partition coefficient (Wildman–Crippen LogP) is 5.20. The minimum Gasteiger partial charge on any atom is -0.382 e. The lowest BCUT2D eigenvalue weighted by molar-refractivity contribution is 0.0664. The molecule has 0 saturated heterocycles. The second-order valence-electron chi connectivity index (χ2n) is 7.45. The number of ether oxygens (including phenoxy) is 1. The van der Waals surface area contributed by atoms with Crippen LogP contribution in [0.4, 0.5) is 5.69 Å². The fraction of sp³-hybridized carbons (Fsp3) is 0.409. The van der Waals surface area contributed by atoms with E-state index in [1.54, 1.807) is 0 Å². The number of fused-ring (bicyclic) bond motifs is 1. The molecule has 1 saturated carbocycles. The molecule has 1 fully saturated rings. The lowest BCUT2D eigenvalue weighted by Crippen LogP contribution is -2.25. The molecule has 26 heavy (non-hydrogen) atoms. The van der Waals surface area contributed by atoms with Crippen molar-refractivity contribution < 1.29 is 4.74 Å². The van der Waals surface area contributed by atoms with E-state index in [9.17, 15) is 0 Å². The second kappa shape index (κ2) is 7.92. The Balaban J connectivity index is 1.43. The lowest BCUT2D eigenvalue weighted by Gasteiger charge is -2.28. The summed E-state index contributed by atoms with van der Waals surface area (Å²) in [6.07, 6.45) is 9.11. The molecule has 0 spiro atoms. The summed E-state index contributed by atoms with van der Waals surface area (Å²) < 4.78 is 7.95. The van der Waals surface area contributed by atoms with Crippen LogP contribution < -0.4 is 5.32 Å². The molecule has 0 radical (unpaired) electrons. The molecule has 1 N–H and O–H groups in total. The van der Waals surface area contributed by atoms with Crippen LogP contribution in [0.1, 0.15) is 38.2 Å². The Morgan fingerprint density at radius 3 is 2.69 bits per heavy atom. The van der Waals surface area contributed by atoms with Gasteiger partial charge in [0.25, 0.3) is 0 Å². The highest BCUT2D eigenvalue weighted by Gasteiger charge is 2.19. The number of nitrogens with one attached hydrogen (secondary N) is 1. The van der Waals surface area contributed by atoms with Crippen LogP contribution in [0.15, 0.2) is 54.9 Å². The maximum atomic E-state index is 5.88. The Morgan fingerprint density at radius 1 is 1.08 bits per heavy atom. The van der Waals surface area contributed by atoms with Crippen LogP contribution in [-0.4, -0.2) is 15.6 Å². The Labute approximate surface area is 155 Å². The van der Waals surface area contributed by atoms with E-state index in [4.69, 9.17) is 4.74 Å². The van der Waals surface area contributed by atoms with E-state index in [0.29, 0.717) is 19.4 Å². The maximum Gasteiger partial charge on any atom is 0.143 e. The smallest absolute Gasteiger partial charge is 0.143 e. The Kier molecular flexibility index (Phi) is 5.21. The van der Waals surface area contributed by atoms with E-state index in [-0.39, 0.29) is 0 Å². The molecule has 0 aliphatic heterocycles. The summed E-state index contributed by atoms with van der Waals surface area (Å²) in [6.45, 7) is 3.48. The molecule has 0 unspecified atom stereocenters. The summed E-state index contributed by atoms with van der Waals surface area (Å²) in [4.78, 5) is 4.58. The van der Waals surface area contributed by atoms with E-state index in [0.717, 1.165) is 11.6 Å². The van der Waals surface area contributed by atoms with Crippen LogP contribution in [0.25, 0.3) is 11.0 Å². The summed E-state index contributed by atoms with van der Waals surface area (Å²) in [5.41, 5.74) is 3.36. The van der Waals surface area contributed by atoms with Gasteiger partial charge in [-0.2, -0.15) is 0 Å². The summed E-state index contributed by atoms with van der Waals surface area (Å²) >= 11 is 0. The summed E-state index contributed by atoms with van der Waals surface area (Å²) in [6, 6.07) is 15.1. The molecular formula is C22H27N3O. The minimum absolute atomic E-state index is 0.510. The first kappa shape index (κ1) is 17.1. The van der Waals surface area contributed by atoms with Gasteiger partial charge >= 0.3 is 0 Å². The van der Waals surface area contributed by atoms with Gasteiger partial charge < -0.3 is 14.6 Å². The zero-order chi connectivity index (χ0) is 17.8. The molecule has 1 aliphatic carbocycles. The second-order valence-corrected chi connectivity index (χ2v) is 7.45. The molecular weight excluding hydrogens is 322 g/mol. The maximum absolute atomic E-state index is 5.88. The fourth-order valence-corrected chi connectivity index (χ4v) is 3.78. The van der Waals surface area contributed by atoms with Crippen molar-refractivity contribution >= 4 is 16.7 Å². The van der Waals surface area contributed by atoms with E-state index >= 15 is 0 Å². The van der Waals surface area contributed by atoms with Crippen LogP contribution in [0.5, 0.6) is 0 Å². The van der Waals surface area contributed by atoms with Crippen LogP contribution in [0, 0.1) is 5.92 Å². The van der Waals surface area contributed by atoms with Crippen LogP contribution in [0.3, 0.4) is 0 Å². The van der Waals surface area contributed by atoms with Crippen molar-refractivity contribution in [1.29, 1.82) is 0 Å². The number of hydrogen-bond donors (Lipinski definition) is 1. The summed E-state index contributed by atoms with van der Waals surface area (Å²) in [5, 5.41) is 4.92. The van der Waals surface area contributed by atoms with Gasteiger partial charge in [-0.25, -0.2) is 4.98 Å². The molecule has 1 aliphatic rings. The van der Waals surface area contributed by atoms with Crippen molar-refractivity contribution in [3.63, 3.8) is 0 Å². The average molecular weight is 349 g/mol. The zero-order valence-corrected chi connectivity index (χ0v) is 15.4. The van der Waals surface area contributed by atoms with Crippen molar-refractivity contribution in [3.05, 3.63) is 60.4 Å². The van der Waals surface area contributed by atoms with Crippen LogP contribution >= 0.6 is 0 Å². The molecule has 1 aromatic carbocycles. The molecule has 0 bridgehead atoms. The van der Waals surface area contributed by atoms with Crippen molar-refractivity contribution in [3.8, 4) is 0 Å². The molecule has 4 heteroatoms. The molecule has 2 aromatic heterocycles. The van der Waals surface area contributed by atoms with Crippen molar-refractivity contribution in [2.75, 3.05) is 5.32 Å². The van der Waals surface area contributed by atoms with E-state index in [1.165, 1.54) is 42.3 Å². The third-order valence-electron chi connectivity index (χ3n) is 5.38. The number of anilines is 1. The van der Waals surface area contributed by atoms with Gasteiger partial charge in [0.15, 0.2) is 0 Å². The highest BCUT2D eigenvalue weighted by atomic mass is 16.5. The normalized spacial score (nSPS) is 20.3. The first-order valence-corrected chi connectivity index (χ1v) is 9.61. The topological polar surface area (TPSA) is 39.1 Å². The van der Waals surface area contributed by atoms with Crippen LogP contribution in [-0.2, 0) is 18.1 Å². The van der Waals surface area contributed by atoms with Gasteiger partial charge in [-0.15, -0.1) is 0 Å². The number of pyridine rings is 1. The van der Waals surface area contributed by atoms with E-state index < -0.39 is 0 Å². The number of hydrogen-bond acceptors (Lipinski definition) is 3. The van der Waals surface area contributed by atoms with Crippen molar-refractivity contribution in [2.45, 2.75) is 52.0 Å². The highest BCUT2D eigenvalue weighted by molar-refractivity contribution is 5.89. The van der Waals surface area contributed by atoms with Gasteiger partial charge in [-0.1, -0.05) is 37.3 Å². The SMILES string of the molecule is C[C@H]1CC[C@H](Nc2ccnc3c2ccn3COCc2ccccc2)CC1. The summed E-state index contributed by atoms with van der Waals surface area (Å²) in [5.74, 6) is 0.869. The molecule has 3 aromatic rings. The monoisotopic (exact) mass is 349 g/mol. The quantitative estimate of drug-likeness (QED) is 0.665. The first-order chi connectivity index (χ1) is 12.8. The largest absolute Gasteiger partial charge is 0.382 e. The number of rotatable bonds is 6. The van der Waals surface area contributed by atoms with Gasteiger partial charge in [-0.05, 0) is 49.3 Å². The van der Waals surface area contributed by atoms with Gasteiger partial charge in [-0.3, -0.25) is 0 Å². The van der Waals surface area contributed by atoms with Crippen LogP contribution in [0.2, 0.25) is 0 Å². The van der Waals surface area contributed by atoms with E-state index in [1.807, 2.05) is 24.4 Å². The molecule has 0 atom stereocenters. The summed E-state index contributed by atoms with van der Waals surface area (Å²) in [7, 11) is 0. The molecule has 2 heterocycles. The number of benzene rings is 1. The molecule has 4 nitrogen and oxygen atoms in total. The van der Waals surface area contributed by atoms with E-state index in [2.05, 4.69) is 52.3 Å². The Morgan fingerprint density at radius 2 is 1.88 bits per heavy atom. The van der Waals surface area contributed by atoms with Gasteiger partial charge in [0.05, 0.1) is 6.61 Å². The van der Waals surface area contributed by atoms with Gasteiger partial charge in [0.1, 0.15) is 12.4 Å². The fourth-order valence-electron chi connectivity index (χ4n) is 3.78. The third-order valence-corrected chi connectivity index (χ3v) is 5.38. The Bertz CT molecular complexity index is 835. The average Bonchev–Trinajstić information content (AvgIpc) is 3.09. The third kappa shape index (κ3) is 3.91. The van der Waals surface area contributed by atoms with Crippen molar-refractivity contribution in [1.82, 2.24) is 9.55 Å². The molecule has 4 rings (SSSR count). The number of nitrogens with zero attached hydrogens (tertiary/aromatic N) is 2. The molecule has 136 valence electrons. The Hall–Kier alpha value is -2.33. The predicted molar refractivity (Wildman–Crippen MR) is 106 cm³/mol. The lowest BCUT2D eigenvalue weighted by atomic mass is 9.87. The minimum atomic E-state index is 0.510. The standard InChI is InChI=1S/C22H27N3O/c1-17-7-9-19(10-8-17)24-21-11-13-23-22-20(21)12-14-25(22)16-26-15-18-5-3-2-4-6-18/h2-6,11-14,17,19H,7-10,15-16H2,1H3,(H,23,24)/t17-,19-. The van der Waals surface area contributed by atoms with Crippen molar-refractivity contribution in [2.24, 2.45) is 5.92 Å². The molecule has 0 amide bonds. The zero-order valence-electron chi connectivity index (χ0n) is 15.4. The number of aromatic nitrogens is 2.